The predicted octanol–water partition coefficient (Wildman–Crippen LogP) is 2.59. The first kappa shape index (κ1) is 16.0. The second kappa shape index (κ2) is 8.20. The van der Waals surface area contributed by atoms with Crippen LogP contribution in [0, 0.1) is 5.92 Å². The van der Waals surface area contributed by atoms with Crippen LogP contribution in [0.1, 0.15) is 22.8 Å². The van der Waals surface area contributed by atoms with Crippen molar-refractivity contribution in [3.63, 3.8) is 0 Å². The minimum absolute atomic E-state index is 0.0733. The molecule has 22 heavy (non-hydrogen) atoms. The van der Waals surface area contributed by atoms with Crippen LogP contribution in [0.4, 0.5) is 0 Å². The fourth-order valence-electron chi connectivity index (χ4n) is 1.89. The molecular formula is C18H22N2O2. The van der Waals surface area contributed by atoms with Gasteiger partial charge in [-0.2, -0.15) is 0 Å². The van der Waals surface area contributed by atoms with E-state index in [1.165, 1.54) is 0 Å². The van der Waals surface area contributed by atoms with Gasteiger partial charge in [-0.1, -0.05) is 37.3 Å². The Kier molecular flexibility index (Phi) is 5.98. The third-order valence-electron chi connectivity index (χ3n) is 3.38. The van der Waals surface area contributed by atoms with E-state index in [0.717, 1.165) is 11.3 Å². The van der Waals surface area contributed by atoms with Crippen LogP contribution in [-0.2, 0) is 6.61 Å². The van der Waals surface area contributed by atoms with E-state index in [-0.39, 0.29) is 11.8 Å². The lowest BCUT2D eigenvalue weighted by atomic mass is 10.1. The molecule has 0 bridgehead atoms. The van der Waals surface area contributed by atoms with Gasteiger partial charge in [0.15, 0.2) is 0 Å². The molecule has 0 radical (unpaired) electrons. The average molecular weight is 298 g/mol. The zero-order valence-electron chi connectivity index (χ0n) is 12.8. The van der Waals surface area contributed by atoms with Crippen molar-refractivity contribution in [2.45, 2.75) is 13.5 Å². The number of nitrogens with two attached hydrogens (primary N) is 1. The van der Waals surface area contributed by atoms with E-state index >= 15 is 0 Å². The third-order valence-corrected chi connectivity index (χ3v) is 3.38. The highest BCUT2D eigenvalue weighted by atomic mass is 16.5. The number of carbonyl (C=O) groups is 1. The second-order valence-electron chi connectivity index (χ2n) is 5.35. The van der Waals surface area contributed by atoms with E-state index in [9.17, 15) is 4.79 Å². The van der Waals surface area contributed by atoms with Gasteiger partial charge in [-0.25, -0.2) is 0 Å². The maximum absolute atomic E-state index is 12.0. The van der Waals surface area contributed by atoms with Crippen LogP contribution in [-0.4, -0.2) is 19.0 Å². The summed E-state index contributed by atoms with van der Waals surface area (Å²) in [5.74, 6) is 1.04. The lowest BCUT2D eigenvalue weighted by Crippen LogP contribution is -2.31. The molecule has 0 aliphatic carbocycles. The number of carbonyl (C=O) groups excluding carboxylic acids is 1. The zero-order chi connectivity index (χ0) is 15.8. The largest absolute Gasteiger partial charge is 0.489 e. The van der Waals surface area contributed by atoms with Crippen molar-refractivity contribution in [3.8, 4) is 5.75 Å². The number of rotatable bonds is 7. The molecule has 1 unspecified atom stereocenters. The SMILES string of the molecule is CC(CN)CNC(=O)c1ccc(COc2ccccc2)cc1. The fourth-order valence-corrected chi connectivity index (χ4v) is 1.89. The Morgan fingerprint density at radius 3 is 2.45 bits per heavy atom. The van der Waals surface area contributed by atoms with Crippen molar-refractivity contribution >= 4 is 5.91 Å². The van der Waals surface area contributed by atoms with E-state index in [2.05, 4.69) is 5.32 Å². The summed E-state index contributed by atoms with van der Waals surface area (Å²) >= 11 is 0. The van der Waals surface area contributed by atoms with Gasteiger partial charge in [-0.15, -0.1) is 0 Å². The van der Waals surface area contributed by atoms with E-state index < -0.39 is 0 Å². The molecule has 2 aromatic carbocycles. The molecule has 2 aromatic rings. The summed E-state index contributed by atoms with van der Waals surface area (Å²) in [7, 11) is 0. The van der Waals surface area contributed by atoms with Crippen LogP contribution in [0.2, 0.25) is 0 Å². The Morgan fingerprint density at radius 1 is 1.14 bits per heavy atom. The minimum Gasteiger partial charge on any atom is -0.489 e. The molecule has 116 valence electrons. The molecule has 4 heteroatoms. The topological polar surface area (TPSA) is 64.3 Å². The minimum atomic E-state index is -0.0733. The Morgan fingerprint density at radius 2 is 1.82 bits per heavy atom. The molecule has 4 nitrogen and oxygen atoms in total. The summed E-state index contributed by atoms with van der Waals surface area (Å²) in [4.78, 5) is 12.0. The number of hydrogen-bond donors (Lipinski definition) is 2. The quantitative estimate of drug-likeness (QED) is 0.826. The van der Waals surface area contributed by atoms with Crippen LogP contribution >= 0.6 is 0 Å². The number of para-hydroxylation sites is 1. The van der Waals surface area contributed by atoms with E-state index in [4.69, 9.17) is 10.5 Å². The smallest absolute Gasteiger partial charge is 0.251 e. The molecule has 0 fully saturated rings. The van der Waals surface area contributed by atoms with E-state index in [1.54, 1.807) is 0 Å². The van der Waals surface area contributed by atoms with Gasteiger partial charge in [0.1, 0.15) is 12.4 Å². The maximum Gasteiger partial charge on any atom is 0.251 e. The highest BCUT2D eigenvalue weighted by molar-refractivity contribution is 5.94. The lowest BCUT2D eigenvalue weighted by Gasteiger charge is -2.10. The fraction of sp³-hybridized carbons (Fsp3) is 0.278. The summed E-state index contributed by atoms with van der Waals surface area (Å²) in [5.41, 5.74) is 7.20. The summed E-state index contributed by atoms with van der Waals surface area (Å²) in [6, 6.07) is 17.1. The van der Waals surface area contributed by atoms with Crippen molar-refractivity contribution in [2.24, 2.45) is 11.7 Å². The molecule has 0 aromatic heterocycles. The van der Waals surface area contributed by atoms with Gasteiger partial charge >= 0.3 is 0 Å². The molecule has 0 aliphatic heterocycles. The highest BCUT2D eigenvalue weighted by Gasteiger charge is 2.07. The van der Waals surface area contributed by atoms with Crippen molar-refractivity contribution < 1.29 is 9.53 Å². The third kappa shape index (κ3) is 4.90. The molecule has 1 amide bonds. The Balaban J connectivity index is 1.86. The molecule has 0 saturated carbocycles. The van der Waals surface area contributed by atoms with Gasteiger partial charge in [0.25, 0.3) is 5.91 Å². The summed E-state index contributed by atoms with van der Waals surface area (Å²) in [6.07, 6.45) is 0. The van der Waals surface area contributed by atoms with Gasteiger partial charge < -0.3 is 15.8 Å². The predicted molar refractivity (Wildman–Crippen MR) is 87.8 cm³/mol. The Hall–Kier alpha value is -2.33. The van der Waals surface area contributed by atoms with Crippen molar-refractivity contribution in [1.29, 1.82) is 0 Å². The van der Waals surface area contributed by atoms with E-state index in [1.807, 2.05) is 61.5 Å². The van der Waals surface area contributed by atoms with Gasteiger partial charge in [0.05, 0.1) is 0 Å². The summed E-state index contributed by atoms with van der Waals surface area (Å²) in [6.45, 7) is 3.64. The molecule has 3 N–H and O–H groups in total. The normalized spacial score (nSPS) is 11.7. The van der Waals surface area contributed by atoms with Crippen LogP contribution in [0.3, 0.4) is 0 Å². The first-order chi connectivity index (χ1) is 10.7. The van der Waals surface area contributed by atoms with Gasteiger partial charge in [-0.05, 0) is 42.3 Å². The van der Waals surface area contributed by atoms with Crippen LogP contribution in [0.5, 0.6) is 5.75 Å². The lowest BCUT2D eigenvalue weighted by molar-refractivity contribution is 0.0948. The van der Waals surface area contributed by atoms with Crippen LogP contribution < -0.4 is 15.8 Å². The van der Waals surface area contributed by atoms with Crippen LogP contribution in [0.15, 0.2) is 54.6 Å². The summed E-state index contributed by atoms with van der Waals surface area (Å²) in [5, 5.41) is 2.88. The van der Waals surface area contributed by atoms with Crippen LogP contribution in [0.25, 0.3) is 0 Å². The molecule has 0 spiro atoms. The highest BCUT2D eigenvalue weighted by Crippen LogP contribution is 2.12. The molecule has 0 heterocycles. The molecule has 1 atom stereocenters. The maximum atomic E-state index is 12.0. The monoisotopic (exact) mass is 298 g/mol. The van der Waals surface area contributed by atoms with Crippen molar-refractivity contribution in [2.75, 3.05) is 13.1 Å². The number of benzene rings is 2. The Bertz CT molecular complexity index is 582. The first-order valence-electron chi connectivity index (χ1n) is 7.44. The first-order valence-corrected chi connectivity index (χ1v) is 7.44. The number of hydrogen-bond acceptors (Lipinski definition) is 3. The van der Waals surface area contributed by atoms with Crippen molar-refractivity contribution in [3.05, 3.63) is 65.7 Å². The molecule has 0 aliphatic rings. The molecule has 0 saturated heterocycles. The zero-order valence-corrected chi connectivity index (χ0v) is 12.8. The Labute approximate surface area is 131 Å². The number of nitrogens with one attached hydrogen (secondary N) is 1. The average Bonchev–Trinajstić information content (AvgIpc) is 2.59. The second-order valence-corrected chi connectivity index (χ2v) is 5.35. The number of ether oxygens (including phenoxy) is 1. The van der Waals surface area contributed by atoms with Crippen molar-refractivity contribution in [1.82, 2.24) is 5.32 Å². The van der Waals surface area contributed by atoms with Gasteiger partial charge in [0, 0.05) is 12.1 Å². The molecular weight excluding hydrogens is 276 g/mol. The van der Waals surface area contributed by atoms with Gasteiger partial charge in [0.2, 0.25) is 0 Å². The number of amides is 1. The van der Waals surface area contributed by atoms with Gasteiger partial charge in [-0.3, -0.25) is 4.79 Å². The van der Waals surface area contributed by atoms with E-state index in [0.29, 0.717) is 25.3 Å². The molecule has 2 rings (SSSR count). The standard InChI is InChI=1S/C18H22N2O2/c1-14(11-19)12-20-18(21)16-9-7-15(8-10-16)13-22-17-5-3-2-4-6-17/h2-10,14H,11-13,19H2,1H3,(H,20,21). The summed E-state index contributed by atoms with van der Waals surface area (Å²) < 4.78 is 5.67.